The van der Waals surface area contributed by atoms with Crippen LogP contribution in [0, 0.1) is 0 Å². The lowest BCUT2D eigenvalue weighted by atomic mass is 10.0. The predicted octanol–water partition coefficient (Wildman–Crippen LogP) is 2.19. The van der Waals surface area contributed by atoms with E-state index in [0.29, 0.717) is 12.8 Å². The molecule has 5 nitrogen and oxygen atoms in total. The van der Waals surface area contributed by atoms with Crippen molar-refractivity contribution in [2.45, 2.75) is 38.6 Å². The lowest BCUT2D eigenvalue weighted by Crippen LogP contribution is -2.44. The summed E-state index contributed by atoms with van der Waals surface area (Å²) in [5.41, 5.74) is 9.68. The lowest BCUT2D eigenvalue weighted by molar-refractivity contribution is -0.124. The van der Waals surface area contributed by atoms with Crippen LogP contribution in [0.1, 0.15) is 44.2 Å². The highest BCUT2D eigenvalue weighted by molar-refractivity contribution is 5.98. The molecule has 5 heteroatoms. The summed E-state index contributed by atoms with van der Waals surface area (Å²) in [6, 6.07) is 8.27. The van der Waals surface area contributed by atoms with Gasteiger partial charge in [-0.15, -0.1) is 0 Å². The maximum Gasteiger partial charge on any atom is 0.234 e. The Hall–Kier alpha value is -2.14. The van der Waals surface area contributed by atoms with Crippen LogP contribution in [0.5, 0.6) is 0 Å². The van der Waals surface area contributed by atoms with E-state index in [9.17, 15) is 9.59 Å². The van der Waals surface area contributed by atoms with Crippen LogP contribution in [0.15, 0.2) is 35.5 Å². The highest BCUT2D eigenvalue weighted by Gasteiger charge is 2.20. The van der Waals surface area contributed by atoms with Gasteiger partial charge in [-0.05, 0) is 37.5 Å². The zero-order chi connectivity index (χ0) is 14.8. The molecule has 110 valence electrons. The molecule has 0 bridgehead atoms. The van der Waals surface area contributed by atoms with E-state index >= 15 is 0 Å². The van der Waals surface area contributed by atoms with Gasteiger partial charge in [0.05, 0.1) is 6.04 Å². The molecule has 1 heterocycles. The Kier molecular flexibility index (Phi) is 3.75. The number of nitrogens with one attached hydrogen (secondary N) is 3. The summed E-state index contributed by atoms with van der Waals surface area (Å²) in [7, 11) is 0. The summed E-state index contributed by atoms with van der Waals surface area (Å²) in [5.74, 6) is 0.272. The molecule has 21 heavy (non-hydrogen) atoms. The molecule has 0 spiro atoms. The van der Waals surface area contributed by atoms with Crippen molar-refractivity contribution >= 4 is 17.4 Å². The molecule has 1 unspecified atom stereocenters. The molecule has 1 aliphatic carbocycles. The van der Waals surface area contributed by atoms with Crippen LogP contribution in [-0.2, 0) is 9.59 Å². The van der Waals surface area contributed by atoms with Gasteiger partial charge in [-0.2, -0.15) is 0 Å². The Morgan fingerprint density at radius 2 is 1.86 bits per heavy atom. The third-order valence-electron chi connectivity index (χ3n) is 4.13. The average Bonchev–Trinajstić information content (AvgIpc) is 2.81. The minimum absolute atomic E-state index is 0.0397. The summed E-state index contributed by atoms with van der Waals surface area (Å²) < 4.78 is 0. The van der Waals surface area contributed by atoms with Gasteiger partial charge in [0.25, 0.3) is 0 Å². The molecule has 1 aromatic rings. The van der Waals surface area contributed by atoms with Crippen LogP contribution < -0.4 is 16.2 Å². The van der Waals surface area contributed by atoms with Gasteiger partial charge in [-0.3, -0.25) is 15.0 Å². The third kappa shape index (κ3) is 2.97. The molecule has 0 radical (unpaired) electrons. The summed E-state index contributed by atoms with van der Waals surface area (Å²) in [6.07, 6.45) is 2.75. The van der Waals surface area contributed by atoms with Crippen LogP contribution >= 0.6 is 0 Å². The van der Waals surface area contributed by atoms with Gasteiger partial charge in [-0.1, -0.05) is 12.1 Å². The molecule has 1 fully saturated rings. The fraction of sp³-hybridized carbons (Fsp3) is 0.375. The van der Waals surface area contributed by atoms with Crippen LogP contribution in [0.3, 0.4) is 0 Å². The van der Waals surface area contributed by atoms with E-state index in [1.54, 1.807) is 0 Å². The number of anilines is 1. The van der Waals surface area contributed by atoms with E-state index in [4.69, 9.17) is 0 Å². The number of ketones is 1. The quantitative estimate of drug-likeness (QED) is 0.796. The van der Waals surface area contributed by atoms with E-state index in [0.717, 1.165) is 35.4 Å². The average molecular weight is 285 g/mol. The van der Waals surface area contributed by atoms with E-state index < -0.39 is 0 Å². The highest BCUT2D eigenvalue weighted by Crippen LogP contribution is 2.26. The summed E-state index contributed by atoms with van der Waals surface area (Å²) in [6.45, 7) is 1.88. The zero-order valence-electron chi connectivity index (χ0n) is 12.0. The number of hydrogen-bond acceptors (Lipinski definition) is 4. The SMILES string of the molecule is CC1=C(Nc2ccc(C3CCC(=O)NN3)cc2)CCC1=O. The van der Waals surface area contributed by atoms with E-state index in [1.165, 1.54) is 0 Å². The number of hydrazine groups is 1. The van der Waals surface area contributed by atoms with Crippen molar-refractivity contribution in [3.05, 3.63) is 41.1 Å². The number of carbonyl (C=O) groups excluding carboxylic acids is 2. The molecule has 1 aliphatic heterocycles. The zero-order valence-corrected chi connectivity index (χ0v) is 12.0. The Morgan fingerprint density at radius 3 is 2.43 bits per heavy atom. The van der Waals surface area contributed by atoms with Crippen LogP contribution in [0.2, 0.25) is 0 Å². The van der Waals surface area contributed by atoms with Gasteiger partial charge in [-0.25, -0.2) is 5.43 Å². The molecular weight excluding hydrogens is 266 g/mol. The van der Waals surface area contributed by atoms with E-state index in [1.807, 2.05) is 31.2 Å². The molecule has 1 amide bonds. The van der Waals surface area contributed by atoms with Gasteiger partial charge in [0.2, 0.25) is 5.91 Å². The van der Waals surface area contributed by atoms with Crippen molar-refractivity contribution in [3.63, 3.8) is 0 Å². The van der Waals surface area contributed by atoms with Crippen molar-refractivity contribution in [2.75, 3.05) is 5.32 Å². The first kappa shape index (κ1) is 13.8. The fourth-order valence-corrected chi connectivity index (χ4v) is 2.74. The van der Waals surface area contributed by atoms with Crippen molar-refractivity contribution < 1.29 is 9.59 Å². The summed E-state index contributed by atoms with van der Waals surface area (Å²) in [5, 5.41) is 3.33. The monoisotopic (exact) mass is 285 g/mol. The van der Waals surface area contributed by atoms with Crippen molar-refractivity contribution in [3.8, 4) is 0 Å². The highest BCUT2D eigenvalue weighted by atomic mass is 16.2. The minimum Gasteiger partial charge on any atom is -0.359 e. The summed E-state index contributed by atoms with van der Waals surface area (Å²) in [4.78, 5) is 22.6. The van der Waals surface area contributed by atoms with Crippen molar-refractivity contribution in [1.29, 1.82) is 0 Å². The topological polar surface area (TPSA) is 70.2 Å². The molecular formula is C16H19N3O2. The van der Waals surface area contributed by atoms with Crippen molar-refractivity contribution in [2.24, 2.45) is 0 Å². The third-order valence-corrected chi connectivity index (χ3v) is 4.13. The Labute approximate surface area is 123 Å². The van der Waals surface area contributed by atoms with Crippen LogP contribution in [0.25, 0.3) is 0 Å². The van der Waals surface area contributed by atoms with Crippen LogP contribution in [-0.4, -0.2) is 11.7 Å². The first-order valence-electron chi connectivity index (χ1n) is 7.28. The maximum absolute atomic E-state index is 11.5. The summed E-state index contributed by atoms with van der Waals surface area (Å²) >= 11 is 0. The van der Waals surface area contributed by atoms with Gasteiger partial charge < -0.3 is 5.32 Å². The second-order valence-electron chi connectivity index (χ2n) is 5.56. The van der Waals surface area contributed by atoms with Gasteiger partial charge in [0, 0.05) is 29.8 Å². The molecule has 0 saturated carbocycles. The minimum atomic E-state index is 0.0397. The molecule has 1 saturated heterocycles. The molecule has 1 aromatic carbocycles. The van der Waals surface area contributed by atoms with Gasteiger partial charge >= 0.3 is 0 Å². The fourth-order valence-electron chi connectivity index (χ4n) is 2.74. The van der Waals surface area contributed by atoms with Crippen LogP contribution in [0.4, 0.5) is 5.69 Å². The second-order valence-corrected chi connectivity index (χ2v) is 5.56. The first-order valence-corrected chi connectivity index (χ1v) is 7.28. The van der Waals surface area contributed by atoms with Gasteiger partial charge in [0.1, 0.15) is 0 Å². The standard InChI is InChI=1S/C16H19N3O2/c1-10-13(6-8-15(10)20)17-12-4-2-11(3-5-12)14-7-9-16(21)19-18-14/h2-5,14,17-18H,6-9H2,1H3,(H,19,21). The Balaban J connectivity index is 1.67. The molecule has 0 aromatic heterocycles. The first-order chi connectivity index (χ1) is 10.1. The molecule has 3 rings (SSSR count). The number of carbonyl (C=O) groups is 2. The van der Waals surface area contributed by atoms with Crippen molar-refractivity contribution in [1.82, 2.24) is 10.9 Å². The lowest BCUT2D eigenvalue weighted by Gasteiger charge is -2.24. The maximum atomic E-state index is 11.5. The second kappa shape index (κ2) is 5.69. The number of benzene rings is 1. The smallest absolute Gasteiger partial charge is 0.234 e. The largest absolute Gasteiger partial charge is 0.359 e. The van der Waals surface area contributed by atoms with Gasteiger partial charge in [0.15, 0.2) is 5.78 Å². The van der Waals surface area contributed by atoms with E-state index in [2.05, 4.69) is 16.2 Å². The number of amides is 1. The Bertz CT molecular complexity index is 594. The molecule has 1 atom stereocenters. The normalized spacial score (nSPS) is 22.4. The predicted molar refractivity (Wildman–Crippen MR) is 80.3 cm³/mol. The van der Waals surface area contributed by atoms with E-state index in [-0.39, 0.29) is 17.7 Å². The number of Topliss-reactive ketones (excluding diaryl/α,β-unsaturated/α-hetero) is 1. The number of rotatable bonds is 3. The number of allylic oxidation sites excluding steroid dienone is 2. The molecule has 3 N–H and O–H groups in total. The Morgan fingerprint density at radius 1 is 1.10 bits per heavy atom. The molecule has 2 aliphatic rings. The number of hydrogen-bond donors (Lipinski definition) is 3.